The Labute approximate surface area is 167 Å². The molecule has 2 heterocycles. The number of esters is 1. The van der Waals surface area contributed by atoms with E-state index in [-0.39, 0.29) is 22.3 Å². The lowest BCUT2D eigenvalue weighted by molar-refractivity contribution is -0.384. The summed E-state index contributed by atoms with van der Waals surface area (Å²) in [5, 5.41) is 11.7. The average Bonchev–Trinajstić information content (AvgIpc) is 2.73. The molecule has 0 saturated carbocycles. The monoisotopic (exact) mass is 404 g/mol. The largest absolute Gasteiger partial charge is 0.465 e. The van der Waals surface area contributed by atoms with E-state index in [2.05, 4.69) is 21.5 Å². The fourth-order valence-electron chi connectivity index (χ4n) is 3.40. The van der Waals surface area contributed by atoms with Gasteiger partial charge in [-0.15, -0.1) is 0 Å². The van der Waals surface area contributed by atoms with Crippen molar-refractivity contribution in [2.45, 2.75) is 13.0 Å². The standard InChI is InChI=1S/C19H21ClN4O4/c1-13(14-4-3-5-21-12-14)22-6-8-23(9-7-22)17-11-16(20)15(19(25)28-2)10-18(17)24(26)27/h3-5,10-13H,6-9H2,1-2H3. The lowest BCUT2D eigenvalue weighted by atomic mass is 10.1. The summed E-state index contributed by atoms with van der Waals surface area (Å²) < 4.78 is 4.65. The number of nitrogens with zero attached hydrogens (tertiary/aromatic N) is 4. The molecule has 0 spiro atoms. The van der Waals surface area contributed by atoms with Crippen molar-refractivity contribution in [1.29, 1.82) is 0 Å². The van der Waals surface area contributed by atoms with Crippen LogP contribution in [0.5, 0.6) is 0 Å². The summed E-state index contributed by atoms with van der Waals surface area (Å²) in [7, 11) is 1.21. The number of piperazine rings is 1. The summed E-state index contributed by atoms with van der Waals surface area (Å²) in [6.45, 7) is 4.82. The molecule has 2 aromatic rings. The predicted molar refractivity (Wildman–Crippen MR) is 106 cm³/mol. The van der Waals surface area contributed by atoms with Gasteiger partial charge in [0.2, 0.25) is 0 Å². The maximum Gasteiger partial charge on any atom is 0.339 e. The minimum absolute atomic E-state index is 0.0107. The van der Waals surface area contributed by atoms with Gasteiger partial charge in [0, 0.05) is 50.7 Å². The number of hydrogen-bond acceptors (Lipinski definition) is 7. The first-order valence-corrected chi connectivity index (χ1v) is 9.25. The van der Waals surface area contributed by atoms with E-state index in [1.54, 1.807) is 6.20 Å². The van der Waals surface area contributed by atoms with E-state index in [1.807, 2.05) is 23.2 Å². The maximum atomic E-state index is 11.8. The first kappa shape index (κ1) is 20.0. The van der Waals surface area contributed by atoms with Gasteiger partial charge >= 0.3 is 5.97 Å². The number of rotatable bonds is 5. The molecular weight excluding hydrogens is 384 g/mol. The smallest absolute Gasteiger partial charge is 0.339 e. The molecule has 1 aliphatic heterocycles. The molecule has 0 radical (unpaired) electrons. The van der Waals surface area contributed by atoms with Crippen molar-refractivity contribution in [2.24, 2.45) is 0 Å². The molecule has 0 aliphatic carbocycles. The number of aromatic nitrogens is 1. The summed E-state index contributed by atoms with van der Waals surface area (Å²) in [5.74, 6) is -0.699. The van der Waals surface area contributed by atoms with Crippen LogP contribution in [0.15, 0.2) is 36.7 Å². The Morgan fingerprint density at radius 1 is 1.32 bits per heavy atom. The number of carbonyl (C=O) groups is 1. The Hall–Kier alpha value is -2.71. The SMILES string of the molecule is COC(=O)c1cc([N+](=O)[O-])c(N2CCN(C(C)c3cccnc3)CC2)cc1Cl. The van der Waals surface area contributed by atoms with Crippen LogP contribution in [-0.4, -0.2) is 54.1 Å². The van der Waals surface area contributed by atoms with E-state index >= 15 is 0 Å². The highest BCUT2D eigenvalue weighted by atomic mass is 35.5. The number of halogens is 1. The van der Waals surface area contributed by atoms with E-state index in [4.69, 9.17) is 11.6 Å². The van der Waals surface area contributed by atoms with Crippen LogP contribution in [0.25, 0.3) is 0 Å². The van der Waals surface area contributed by atoms with Gasteiger partial charge in [0.1, 0.15) is 5.69 Å². The van der Waals surface area contributed by atoms with Crippen molar-refractivity contribution in [3.8, 4) is 0 Å². The molecule has 1 unspecified atom stereocenters. The molecule has 1 fully saturated rings. The number of ether oxygens (including phenoxy) is 1. The summed E-state index contributed by atoms with van der Waals surface area (Å²) in [6.07, 6.45) is 3.60. The van der Waals surface area contributed by atoms with E-state index in [0.717, 1.165) is 18.7 Å². The van der Waals surface area contributed by atoms with Gasteiger partial charge in [-0.05, 0) is 24.6 Å². The zero-order valence-electron chi connectivity index (χ0n) is 15.7. The molecule has 0 amide bonds. The summed E-state index contributed by atoms with van der Waals surface area (Å²) in [6, 6.07) is 6.83. The Kier molecular flexibility index (Phi) is 6.11. The first-order valence-electron chi connectivity index (χ1n) is 8.87. The van der Waals surface area contributed by atoms with E-state index in [1.165, 1.54) is 19.2 Å². The summed E-state index contributed by atoms with van der Waals surface area (Å²) in [4.78, 5) is 31.3. The summed E-state index contributed by atoms with van der Waals surface area (Å²) >= 11 is 6.19. The molecule has 1 aliphatic rings. The van der Waals surface area contributed by atoms with Crippen LogP contribution in [0.3, 0.4) is 0 Å². The van der Waals surface area contributed by atoms with E-state index < -0.39 is 10.9 Å². The minimum Gasteiger partial charge on any atom is -0.465 e. The van der Waals surface area contributed by atoms with Crippen LogP contribution in [0.1, 0.15) is 28.9 Å². The van der Waals surface area contributed by atoms with Gasteiger partial charge in [0.25, 0.3) is 5.69 Å². The summed E-state index contributed by atoms with van der Waals surface area (Å²) in [5.41, 5.74) is 1.38. The van der Waals surface area contributed by atoms with Crippen LogP contribution in [-0.2, 0) is 4.74 Å². The van der Waals surface area contributed by atoms with Crippen molar-refractivity contribution in [2.75, 3.05) is 38.2 Å². The van der Waals surface area contributed by atoms with Crippen LogP contribution in [0, 0.1) is 10.1 Å². The quantitative estimate of drug-likeness (QED) is 0.429. The zero-order valence-corrected chi connectivity index (χ0v) is 16.4. The third-order valence-corrected chi connectivity index (χ3v) is 5.35. The molecule has 0 N–H and O–H groups in total. The predicted octanol–water partition coefficient (Wildman–Crippen LogP) is 3.31. The molecular formula is C19H21ClN4O4. The highest BCUT2D eigenvalue weighted by Gasteiger charge is 2.28. The molecule has 1 aromatic carbocycles. The van der Waals surface area contributed by atoms with Gasteiger partial charge in [0.15, 0.2) is 0 Å². The van der Waals surface area contributed by atoms with E-state index in [0.29, 0.717) is 18.8 Å². The van der Waals surface area contributed by atoms with Crippen LogP contribution in [0.2, 0.25) is 5.02 Å². The molecule has 28 heavy (non-hydrogen) atoms. The third kappa shape index (κ3) is 4.07. The lowest BCUT2D eigenvalue weighted by Crippen LogP contribution is -2.47. The lowest BCUT2D eigenvalue weighted by Gasteiger charge is -2.39. The molecule has 0 bridgehead atoms. The molecule has 1 aromatic heterocycles. The van der Waals surface area contributed by atoms with Gasteiger partial charge in [0.05, 0.1) is 22.6 Å². The van der Waals surface area contributed by atoms with Gasteiger partial charge < -0.3 is 9.64 Å². The highest BCUT2D eigenvalue weighted by Crippen LogP contribution is 2.35. The second-order valence-corrected chi connectivity index (χ2v) is 6.96. The maximum absolute atomic E-state index is 11.8. The van der Waals surface area contributed by atoms with Crippen molar-refractivity contribution in [3.63, 3.8) is 0 Å². The highest BCUT2D eigenvalue weighted by molar-refractivity contribution is 6.34. The Balaban J connectivity index is 1.79. The van der Waals surface area contributed by atoms with Gasteiger partial charge in [-0.2, -0.15) is 0 Å². The van der Waals surface area contributed by atoms with Crippen LogP contribution < -0.4 is 4.90 Å². The van der Waals surface area contributed by atoms with Gasteiger partial charge in [-0.25, -0.2) is 4.79 Å². The van der Waals surface area contributed by atoms with Gasteiger partial charge in [-0.3, -0.25) is 20.0 Å². The van der Waals surface area contributed by atoms with E-state index in [9.17, 15) is 14.9 Å². The molecule has 3 rings (SSSR count). The average molecular weight is 405 g/mol. The Morgan fingerprint density at radius 3 is 2.61 bits per heavy atom. The number of nitro groups is 1. The molecule has 1 saturated heterocycles. The Morgan fingerprint density at radius 2 is 2.04 bits per heavy atom. The first-order chi connectivity index (χ1) is 13.4. The normalized spacial score (nSPS) is 15.9. The van der Waals surface area contributed by atoms with Crippen molar-refractivity contribution in [3.05, 3.63) is 62.9 Å². The number of anilines is 1. The van der Waals surface area contributed by atoms with Crippen molar-refractivity contribution in [1.82, 2.24) is 9.88 Å². The number of pyridine rings is 1. The topological polar surface area (TPSA) is 88.8 Å². The zero-order chi connectivity index (χ0) is 20.3. The van der Waals surface area contributed by atoms with Crippen molar-refractivity contribution >= 4 is 28.9 Å². The van der Waals surface area contributed by atoms with Gasteiger partial charge in [-0.1, -0.05) is 17.7 Å². The second-order valence-electron chi connectivity index (χ2n) is 6.55. The second kappa shape index (κ2) is 8.53. The number of methoxy groups -OCH3 is 1. The fourth-order valence-corrected chi connectivity index (χ4v) is 3.64. The fraction of sp³-hybridized carbons (Fsp3) is 0.368. The third-order valence-electron chi connectivity index (χ3n) is 5.04. The number of hydrogen-bond donors (Lipinski definition) is 0. The van der Waals surface area contributed by atoms with Crippen LogP contribution >= 0.6 is 11.6 Å². The molecule has 8 nitrogen and oxygen atoms in total. The molecule has 9 heteroatoms. The van der Waals surface area contributed by atoms with Crippen LogP contribution in [0.4, 0.5) is 11.4 Å². The molecule has 1 atom stereocenters. The number of carbonyl (C=O) groups excluding carboxylic acids is 1. The number of benzene rings is 1. The minimum atomic E-state index is -0.699. The van der Waals surface area contributed by atoms with Crippen molar-refractivity contribution < 1.29 is 14.5 Å². The number of nitro benzene ring substituents is 1. The molecule has 148 valence electrons. The Bertz CT molecular complexity index is 870.